The second-order valence-corrected chi connectivity index (χ2v) is 9.27. The largest absolute Gasteiger partial charge is 0.491 e. The molecule has 0 bridgehead atoms. The molecule has 35 heavy (non-hydrogen) atoms. The lowest BCUT2D eigenvalue weighted by Crippen LogP contribution is -2.32. The predicted octanol–water partition coefficient (Wildman–Crippen LogP) is 2.62. The van der Waals surface area contributed by atoms with Gasteiger partial charge in [0.25, 0.3) is 5.91 Å². The number of nitrogens with zero attached hydrogens (tertiary/aromatic N) is 5. The molecule has 1 atom stereocenters. The molecule has 0 fully saturated rings. The zero-order valence-electron chi connectivity index (χ0n) is 20.4. The highest BCUT2D eigenvalue weighted by Crippen LogP contribution is 2.23. The average molecular weight is 479 g/mol. The molecule has 186 valence electrons. The highest BCUT2D eigenvalue weighted by Gasteiger charge is 2.26. The molecule has 1 aliphatic rings. The smallest absolute Gasteiger partial charge is 0.253 e. The number of amides is 1. The first-order valence-electron chi connectivity index (χ1n) is 12.2. The number of hydrogen-bond donors (Lipinski definition) is 2. The number of pyridine rings is 1. The number of carbonyl (C=O) groups excluding carboxylic acids is 1. The molecule has 9 heteroatoms. The molecule has 3 heterocycles. The van der Waals surface area contributed by atoms with Gasteiger partial charge in [0.2, 0.25) is 0 Å². The minimum atomic E-state index is -0.226. The zero-order valence-corrected chi connectivity index (χ0v) is 20.4. The van der Waals surface area contributed by atoms with Crippen LogP contribution in [-0.4, -0.2) is 62.0 Å². The second kappa shape index (κ2) is 11.9. The third kappa shape index (κ3) is 6.64. The van der Waals surface area contributed by atoms with E-state index in [1.54, 1.807) is 24.5 Å². The molecule has 1 amide bonds. The van der Waals surface area contributed by atoms with Gasteiger partial charge in [0.1, 0.15) is 18.2 Å². The summed E-state index contributed by atoms with van der Waals surface area (Å²) in [4.78, 5) is 19.3. The van der Waals surface area contributed by atoms with Gasteiger partial charge in [-0.1, -0.05) is 26.0 Å². The Hall–Kier alpha value is -3.30. The number of aliphatic hydroxyl groups is 1. The van der Waals surface area contributed by atoms with E-state index in [0.29, 0.717) is 18.1 Å². The van der Waals surface area contributed by atoms with Crippen molar-refractivity contribution in [3.63, 3.8) is 0 Å². The van der Waals surface area contributed by atoms with Crippen LogP contribution < -0.4 is 10.1 Å². The molecular formula is C26H34N6O3. The summed E-state index contributed by atoms with van der Waals surface area (Å²) in [5.41, 5.74) is 1.70. The number of rotatable bonds is 10. The lowest BCUT2D eigenvalue weighted by atomic mass is 10.0. The van der Waals surface area contributed by atoms with Crippen molar-refractivity contribution >= 4 is 5.91 Å². The van der Waals surface area contributed by atoms with Crippen LogP contribution in [0, 0.1) is 5.92 Å². The molecule has 3 aromatic rings. The normalized spacial score (nSPS) is 14.9. The van der Waals surface area contributed by atoms with E-state index in [-0.39, 0.29) is 18.6 Å². The van der Waals surface area contributed by atoms with Crippen molar-refractivity contribution in [3.05, 3.63) is 71.6 Å². The summed E-state index contributed by atoms with van der Waals surface area (Å²) in [6, 6.07) is 11.3. The number of nitrogens with one attached hydrogen (secondary N) is 1. The van der Waals surface area contributed by atoms with Gasteiger partial charge in [-0.2, -0.15) is 0 Å². The molecule has 9 nitrogen and oxygen atoms in total. The van der Waals surface area contributed by atoms with E-state index in [1.165, 1.54) is 5.56 Å². The Morgan fingerprint density at radius 1 is 1.17 bits per heavy atom. The number of aliphatic hydroxyl groups excluding tert-OH is 1. The van der Waals surface area contributed by atoms with Crippen molar-refractivity contribution in [2.45, 2.75) is 45.8 Å². The first-order valence-corrected chi connectivity index (χ1v) is 12.2. The van der Waals surface area contributed by atoms with Crippen LogP contribution in [0.15, 0.2) is 48.8 Å². The Kier molecular flexibility index (Phi) is 8.44. The molecule has 2 N–H and O–H groups in total. The molecule has 1 aliphatic heterocycles. The van der Waals surface area contributed by atoms with Crippen LogP contribution in [0.25, 0.3) is 0 Å². The summed E-state index contributed by atoms with van der Waals surface area (Å²) < 4.78 is 7.73. The maximum Gasteiger partial charge on any atom is 0.253 e. The summed E-state index contributed by atoms with van der Waals surface area (Å²) in [5.74, 6) is 2.76. The summed E-state index contributed by atoms with van der Waals surface area (Å²) in [6.45, 7) is 7.86. The predicted molar refractivity (Wildman–Crippen MR) is 132 cm³/mol. The fraction of sp³-hybridized carbons (Fsp3) is 0.462. The van der Waals surface area contributed by atoms with Crippen LogP contribution in [0.1, 0.15) is 53.9 Å². The lowest BCUT2D eigenvalue weighted by Gasteiger charge is -2.22. The van der Waals surface area contributed by atoms with Crippen molar-refractivity contribution < 1.29 is 14.6 Å². The third-order valence-electron chi connectivity index (χ3n) is 6.06. The Morgan fingerprint density at radius 3 is 2.83 bits per heavy atom. The summed E-state index contributed by atoms with van der Waals surface area (Å²) >= 11 is 0. The highest BCUT2D eigenvalue weighted by molar-refractivity contribution is 5.94. The molecule has 0 unspecified atom stereocenters. The molecule has 2 aromatic heterocycles. The molecule has 0 saturated carbocycles. The van der Waals surface area contributed by atoms with Gasteiger partial charge in [0, 0.05) is 45.0 Å². The Balaban J connectivity index is 1.45. The molecule has 0 spiro atoms. The fourth-order valence-corrected chi connectivity index (χ4v) is 4.40. The Bertz CT molecular complexity index is 1100. The monoisotopic (exact) mass is 478 g/mol. The van der Waals surface area contributed by atoms with Crippen molar-refractivity contribution in [1.29, 1.82) is 0 Å². The van der Waals surface area contributed by atoms with Crippen LogP contribution in [0.3, 0.4) is 0 Å². The quantitative estimate of drug-likeness (QED) is 0.461. The van der Waals surface area contributed by atoms with Crippen LogP contribution in [-0.2, 0) is 19.5 Å². The van der Waals surface area contributed by atoms with Gasteiger partial charge in [-0.15, -0.1) is 10.2 Å². The second-order valence-electron chi connectivity index (χ2n) is 9.27. The maximum atomic E-state index is 12.9. The number of benzene rings is 1. The van der Waals surface area contributed by atoms with E-state index in [1.807, 2.05) is 18.2 Å². The molecule has 0 aliphatic carbocycles. The van der Waals surface area contributed by atoms with Crippen LogP contribution in [0.5, 0.6) is 5.75 Å². The van der Waals surface area contributed by atoms with Gasteiger partial charge in [-0.05, 0) is 42.2 Å². The number of fused-ring (bicyclic) bond motifs is 1. The first-order chi connectivity index (χ1) is 17.0. The average Bonchev–Trinajstić information content (AvgIpc) is 3.17. The summed E-state index contributed by atoms with van der Waals surface area (Å²) in [7, 11) is 0. The van der Waals surface area contributed by atoms with Gasteiger partial charge < -0.3 is 19.7 Å². The SMILES string of the molecule is CC(C)C[C@H](NC(=O)c1cccnc1)c1nnc2n1CCN(Cc1cccc(OCCO)c1)CC2. The van der Waals surface area contributed by atoms with E-state index in [4.69, 9.17) is 9.84 Å². The number of ether oxygens (including phenoxy) is 1. The number of hydrogen-bond acceptors (Lipinski definition) is 7. The molecule has 0 saturated heterocycles. The van der Waals surface area contributed by atoms with Crippen LogP contribution in [0.4, 0.5) is 0 Å². The van der Waals surface area contributed by atoms with E-state index >= 15 is 0 Å². The maximum absolute atomic E-state index is 12.9. The molecule has 1 aromatic carbocycles. The minimum absolute atomic E-state index is 0.00131. The standard InChI is InChI=1S/C26H34N6O3/c1-19(2)15-23(28-26(34)21-6-4-9-27-17-21)25-30-29-24-8-10-31(11-12-32(24)25)18-20-5-3-7-22(16-20)35-14-13-33/h3-7,9,16-17,19,23,33H,8,10-15,18H2,1-2H3,(H,28,34)/t23-/m0/s1. The van der Waals surface area contributed by atoms with Crippen LogP contribution in [0.2, 0.25) is 0 Å². The van der Waals surface area contributed by atoms with Gasteiger partial charge in [-0.3, -0.25) is 14.7 Å². The van der Waals surface area contributed by atoms with E-state index in [2.05, 4.69) is 49.9 Å². The van der Waals surface area contributed by atoms with Gasteiger partial charge >= 0.3 is 0 Å². The van der Waals surface area contributed by atoms with Gasteiger partial charge in [0.05, 0.1) is 18.2 Å². The minimum Gasteiger partial charge on any atom is -0.491 e. The van der Waals surface area contributed by atoms with E-state index < -0.39 is 0 Å². The zero-order chi connectivity index (χ0) is 24.6. The molecule has 4 rings (SSSR count). The van der Waals surface area contributed by atoms with E-state index in [0.717, 1.165) is 56.4 Å². The summed E-state index contributed by atoms with van der Waals surface area (Å²) in [6.07, 6.45) is 4.80. The van der Waals surface area contributed by atoms with Crippen molar-refractivity contribution in [2.75, 3.05) is 26.3 Å². The highest BCUT2D eigenvalue weighted by atomic mass is 16.5. The lowest BCUT2D eigenvalue weighted by molar-refractivity contribution is 0.0928. The van der Waals surface area contributed by atoms with Gasteiger partial charge in [-0.25, -0.2) is 0 Å². The van der Waals surface area contributed by atoms with Crippen molar-refractivity contribution in [3.8, 4) is 5.75 Å². The van der Waals surface area contributed by atoms with E-state index in [9.17, 15) is 4.79 Å². The number of aromatic nitrogens is 4. The topological polar surface area (TPSA) is 105 Å². The molecule has 0 radical (unpaired) electrons. The van der Waals surface area contributed by atoms with Crippen molar-refractivity contribution in [2.24, 2.45) is 5.92 Å². The summed E-state index contributed by atoms with van der Waals surface area (Å²) in [5, 5.41) is 21.2. The van der Waals surface area contributed by atoms with Gasteiger partial charge in [0.15, 0.2) is 5.82 Å². The molecular weight excluding hydrogens is 444 g/mol. The van der Waals surface area contributed by atoms with Crippen LogP contribution >= 0.6 is 0 Å². The number of carbonyl (C=O) groups is 1. The Labute approximate surface area is 206 Å². The third-order valence-corrected chi connectivity index (χ3v) is 6.06. The fourth-order valence-electron chi connectivity index (χ4n) is 4.40. The Morgan fingerprint density at radius 2 is 2.06 bits per heavy atom. The first kappa shape index (κ1) is 24.8. The van der Waals surface area contributed by atoms with Crippen molar-refractivity contribution in [1.82, 2.24) is 30.0 Å².